The van der Waals surface area contributed by atoms with Crippen LogP contribution >= 0.6 is 0 Å². The zero-order valence-electron chi connectivity index (χ0n) is 15.0. The number of benzene rings is 4. The molecule has 1 aliphatic rings. The number of furan rings is 1. The predicted molar refractivity (Wildman–Crippen MR) is 110 cm³/mol. The molecule has 3 nitrogen and oxygen atoms in total. The minimum absolute atomic E-state index is 0.746. The second-order valence-corrected chi connectivity index (χ2v) is 7.04. The number of rotatable bonds is 2. The van der Waals surface area contributed by atoms with Gasteiger partial charge in [-0.3, -0.25) is 0 Å². The maximum Gasteiger partial charge on any atom is 0.170 e. The summed E-state index contributed by atoms with van der Waals surface area (Å²) < 4.78 is 18.0. The second kappa shape index (κ2) is 5.89. The first-order valence-electron chi connectivity index (χ1n) is 9.31. The van der Waals surface area contributed by atoms with E-state index in [2.05, 4.69) is 30.3 Å². The highest BCUT2D eigenvalue weighted by molar-refractivity contribution is 6.04. The normalized spacial score (nSPS) is 12.3. The lowest BCUT2D eigenvalue weighted by Gasteiger charge is -2.20. The first-order chi connectivity index (χ1) is 13.8. The van der Waals surface area contributed by atoms with Crippen LogP contribution in [0.2, 0.25) is 0 Å². The minimum Gasteiger partial charge on any atom is -0.456 e. The summed E-state index contributed by atoms with van der Waals surface area (Å²) in [5.41, 5.74) is 4.21. The Morgan fingerprint density at radius 1 is 0.500 bits per heavy atom. The van der Waals surface area contributed by atoms with E-state index in [9.17, 15) is 0 Å². The van der Waals surface area contributed by atoms with Crippen LogP contribution in [-0.2, 0) is 6.42 Å². The van der Waals surface area contributed by atoms with Crippen LogP contribution in [0.1, 0.15) is 11.1 Å². The van der Waals surface area contributed by atoms with Crippen molar-refractivity contribution in [2.24, 2.45) is 0 Å². The maximum absolute atomic E-state index is 6.02. The molecule has 0 unspecified atom stereocenters. The van der Waals surface area contributed by atoms with Gasteiger partial charge in [0.25, 0.3) is 0 Å². The van der Waals surface area contributed by atoms with Crippen LogP contribution < -0.4 is 9.47 Å². The van der Waals surface area contributed by atoms with Crippen molar-refractivity contribution in [3.05, 3.63) is 96.1 Å². The van der Waals surface area contributed by atoms with Gasteiger partial charge < -0.3 is 13.9 Å². The lowest BCUT2D eigenvalue weighted by molar-refractivity contribution is 0.359. The Balaban J connectivity index is 1.33. The summed E-state index contributed by atoms with van der Waals surface area (Å²) in [4.78, 5) is 0. The largest absolute Gasteiger partial charge is 0.456 e. The lowest BCUT2D eigenvalue weighted by Crippen LogP contribution is -1.99. The van der Waals surface area contributed by atoms with Gasteiger partial charge in [-0.05, 0) is 53.9 Å². The molecule has 0 bridgehead atoms. The van der Waals surface area contributed by atoms with Crippen molar-refractivity contribution in [1.29, 1.82) is 0 Å². The minimum atomic E-state index is 0.746. The van der Waals surface area contributed by atoms with Crippen molar-refractivity contribution >= 4 is 21.9 Å². The van der Waals surface area contributed by atoms with Gasteiger partial charge in [0.15, 0.2) is 23.0 Å². The summed E-state index contributed by atoms with van der Waals surface area (Å²) in [5.74, 6) is 2.99. The van der Waals surface area contributed by atoms with Crippen molar-refractivity contribution in [2.45, 2.75) is 6.42 Å². The van der Waals surface area contributed by atoms with Crippen molar-refractivity contribution in [3.8, 4) is 23.0 Å². The van der Waals surface area contributed by atoms with Gasteiger partial charge in [-0.25, -0.2) is 0 Å². The number of ether oxygens (including phenoxy) is 2. The smallest absolute Gasteiger partial charge is 0.170 e. The summed E-state index contributed by atoms with van der Waals surface area (Å²) in [7, 11) is 0. The third kappa shape index (κ3) is 2.44. The van der Waals surface area contributed by atoms with E-state index in [0.717, 1.165) is 56.9 Å². The average molecular weight is 364 g/mol. The maximum atomic E-state index is 6.02. The molecule has 0 radical (unpaired) electrons. The molecule has 0 N–H and O–H groups in total. The summed E-state index contributed by atoms with van der Waals surface area (Å²) in [6.07, 6.45) is 0.797. The third-order valence-corrected chi connectivity index (χ3v) is 5.15. The molecule has 0 amide bonds. The van der Waals surface area contributed by atoms with Crippen LogP contribution in [0.25, 0.3) is 21.9 Å². The van der Waals surface area contributed by atoms with Crippen molar-refractivity contribution in [3.63, 3.8) is 0 Å². The third-order valence-electron chi connectivity index (χ3n) is 5.15. The highest BCUT2D eigenvalue weighted by atomic mass is 16.6. The van der Waals surface area contributed by atoms with E-state index in [1.165, 1.54) is 5.56 Å². The molecule has 6 rings (SSSR count). The first-order valence-corrected chi connectivity index (χ1v) is 9.31. The van der Waals surface area contributed by atoms with Crippen LogP contribution in [0, 0.1) is 0 Å². The Morgan fingerprint density at radius 3 is 2.04 bits per heavy atom. The molecule has 0 saturated carbocycles. The molecule has 0 aliphatic carbocycles. The standard InChI is InChI=1S/C25H16O3/c1-2-6-20-18(5-1)19-11-9-16(14-24(19)26-20)13-17-10-12-23-25(15-17)28-22-8-4-3-7-21(22)27-23/h1-12,14-15H,13H2. The molecule has 0 saturated heterocycles. The van der Waals surface area contributed by atoms with E-state index < -0.39 is 0 Å². The fourth-order valence-corrected chi connectivity index (χ4v) is 3.80. The zero-order valence-corrected chi connectivity index (χ0v) is 15.0. The number of fused-ring (bicyclic) bond motifs is 5. The van der Waals surface area contributed by atoms with Gasteiger partial charge in [0, 0.05) is 10.8 Å². The Hall–Kier alpha value is -3.72. The summed E-state index contributed by atoms with van der Waals surface area (Å²) in [6, 6.07) is 28.4. The Morgan fingerprint density at radius 2 is 1.14 bits per heavy atom. The summed E-state index contributed by atoms with van der Waals surface area (Å²) >= 11 is 0. The Kier molecular flexibility index (Phi) is 3.23. The highest BCUT2D eigenvalue weighted by Crippen LogP contribution is 2.45. The van der Waals surface area contributed by atoms with Gasteiger partial charge >= 0.3 is 0 Å². The van der Waals surface area contributed by atoms with Crippen LogP contribution in [0.3, 0.4) is 0 Å². The summed E-state index contributed by atoms with van der Waals surface area (Å²) in [5, 5.41) is 2.31. The molecule has 28 heavy (non-hydrogen) atoms. The van der Waals surface area contributed by atoms with E-state index in [-0.39, 0.29) is 0 Å². The fourth-order valence-electron chi connectivity index (χ4n) is 3.80. The van der Waals surface area contributed by atoms with E-state index in [4.69, 9.17) is 13.9 Å². The van der Waals surface area contributed by atoms with Crippen LogP contribution in [0.15, 0.2) is 89.3 Å². The number of hydrogen-bond acceptors (Lipinski definition) is 3. The highest BCUT2D eigenvalue weighted by Gasteiger charge is 2.18. The SMILES string of the molecule is c1ccc2c(c1)Oc1ccc(Cc3ccc4c(c3)oc3ccccc34)cc1O2. The average Bonchev–Trinajstić information content (AvgIpc) is 3.10. The van der Waals surface area contributed by atoms with Crippen molar-refractivity contribution in [1.82, 2.24) is 0 Å². The monoisotopic (exact) mass is 364 g/mol. The Bertz CT molecular complexity index is 1350. The molecule has 0 fully saturated rings. The zero-order chi connectivity index (χ0) is 18.5. The Labute approximate surface area is 161 Å². The molecule has 4 aromatic carbocycles. The van der Waals surface area contributed by atoms with Gasteiger partial charge in [-0.2, -0.15) is 0 Å². The molecular weight excluding hydrogens is 348 g/mol. The predicted octanol–water partition coefficient (Wildman–Crippen LogP) is 7.07. The quantitative estimate of drug-likeness (QED) is 0.329. The molecule has 2 heterocycles. The first kappa shape index (κ1) is 15.3. The number of hydrogen-bond donors (Lipinski definition) is 0. The number of para-hydroxylation sites is 3. The van der Waals surface area contributed by atoms with E-state index in [0.29, 0.717) is 0 Å². The molecule has 134 valence electrons. The van der Waals surface area contributed by atoms with Gasteiger partial charge in [0.2, 0.25) is 0 Å². The van der Waals surface area contributed by atoms with Crippen LogP contribution in [-0.4, -0.2) is 0 Å². The molecule has 0 spiro atoms. The van der Waals surface area contributed by atoms with Gasteiger partial charge in [-0.15, -0.1) is 0 Å². The molecule has 3 heteroatoms. The molecular formula is C25H16O3. The second-order valence-electron chi connectivity index (χ2n) is 7.04. The topological polar surface area (TPSA) is 31.6 Å². The van der Waals surface area contributed by atoms with Gasteiger partial charge in [-0.1, -0.05) is 48.5 Å². The van der Waals surface area contributed by atoms with Crippen molar-refractivity contribution < 1.29 is 13.9 Å². The van der Waals surface area contributed by atoms with E-state index in [1.807, 2.05) is 54.6 Å². The van der Waals surface area contributed by atoms with E-state index >= 15 is 0 Å². The van der Waals surface area contributed by atoms with E-state index in [1.54, 1.807) is 0 Å². The lowest BCUT2D eigenvalue weighted by atomic mass is 10.0. The van der Waals surface area contributed by atoms with Crippen molar-refractivity contribution in [2.75, 3.05) is 0 Å². The molecule has 1 aromatic heterocycles. The molecule has 5 aromatic rings. The summed E-state index contributed by atoms with van der Waals surface area (Å²) in [6.45, 7) is 0. The molecule has 1 aliphatic heterocycles. The van der Waals surface area contributed by atoms with Crippen LogP contribution in [0.5, 0.6) is 23.0 Å². The fraction of sp³-hybridized carbons (Fsp3) is 0.0400. The van der Waals surface area contributed by atoms with Gasteiger partial charge in [0.1, 0.15) is 11.2 Å². The van der Waals surface area contributed by atoms with Gasteiger partial charge in [0.05, 0.1) is 0 Å². The molecule has 0 atom stereocenters. The van der Waals surface area contributed by atoms with Crippen LogP contribution in [0.4, 0.5) is 0 Å².